The van der Waals surface area contributed by atoms with Crippen molar-refractivity contribution in [3.05, 3.63) is 57.6 Å². The number of esters is 1. The first kappa shape index (κ1) is 22.7. The lowest BCUT2D eigenvalue weighted by Gasteiger charge is -2.18. The zero-order chi connectivity index (χ0) is 23.3. The SMILES string of the molecule is CC(C)CC(=O)Nc1ccc(C(=O)COC(=O)c2cc3c(cc2[N+](=O)[O-])OCCO3)cc1. The van der Waals surface area contributed by atoms with Gasteiger partial charge in [-0.3, -0.25) is 19.7 Å². The highest BCUT2D eigenvalue weighted by Crippen LogP contribution is 2.36. The normalized spacial score (nSPS) is 12.2. The van der Waals surface area contributed by atoms with E-state index >= 15 is 0 Å². The Bertz CT molecular complexity index is 1050. The van der Waals surface area contributed by atoms with Crippen molar-refractivity contribution in [1.82, 2.24) is 0 Å². The van der Waals surface area contributed by atoms with Crippen LogP contribution >= 0.6 is 0 Å². The van der Waals surface area contributed by atoms with Gasteiger partial charge in [0.25, 0.3) is 5.69 Å². The van der Waals surface area contributed by atoms with Crippen molar-refractivity contribution in [2.24, 2.45) is 5.92 Å². The molecule has 0 unspecified atom stereocenters. The first-order chi connectivity index (χ1) is 15.2. The number of anilines is 1. The van der Waals surface area contributed by atoms with E-state index in [-0.39, 0.29) is 47.7 Å². The summed E-state index contributed by atoms with van der Waals surface area (Å²) in [6, 6.07) is 8.40. The molecule has 10 nitrogen and oxygen atoms in total. The zero-order valence-electron chi connectivity index (χ0n) is 17.6. The Morgan fingerprint density at radius 1 is 1.09 bits per heavy atom. The van der Waals surface area contributed by atoms with Gasteiger partial charge in [-0.15, -0.1) is 0 Å². The van der Waals surface area contributed by atoms with Crippen molar-refractivity contribution < 1.29 is 33.5 Å². The van der Waals surface area contributed by atoms with Crippen LogP contribution < -0.4 is 14.8 Å². The lowest BCUT2D eigenvalue weighted by atomic mass is 10.1. The maximum atomic E-state index is 12.4. The van der Waals surface area contributed by atoms with Gasteiger partial charge in [-0.05, 0) is 30.2 Å². The van der Waals surface area contributed by atoms with E-state index in [1.165, 1.54) is 18.2 Å². The van der Waals surface area contributed by atoms with Gasteiger partial charge >= 0.3 is 5.97 Å². The summed E-state index contributed by atoms with van der Waals surface area (Å²) in [7, 11) is 0. The molecule has 1 N–H and O–H groups in total. The Morgan fingerprint density at radius 3 is 2.31 bits per heavy atom. The van der Waals surface area contributed by atoms with Gasteiger partial charge in [0, 0.05) is 23.7 Å². The Hall–Kier alpha value is -3.95. The number of hydrogen-bond donors (Lipinski definition) is 1. The molecule has 0 aliphatic carbocycles. The maximum Gasteiger partial charge on any atom is 0.345 e. The molecule has 0 saturated carbocycles. The second-order valence-corrected chi connectivity index (χ2v) is 7.49. The molecule has 0 atom stereocenters. The third-order valence-electron chi connectivity index (χ3n) is 4.50. The van der Waals surface area contributed by atoms with Gasteiger partial charge in [0.1, 0.15) is 18.8 Å². The lowest BCUT2D eigenvalue weighted by molar-refractivity contribution is -0.385. The molecule has 0 bridgehead atoms. The summed E-state index contributed by atoms with van der Waals surface area (Å²) in [5, 5.41) is 14.1. The minimum Gasteiger partial charge on any atom is -0.486 e. The van der Waals surface area contributed by atoms with Crippen molar-refractivity contribution in [3.63, 3.8) is 0 Å². The van der Waals surface area contributed by atoms with Crippen LogP contribution in [0.4, 0.5) is 11.4 Å². The number of nitro groups is 1. The number of hydrogen-bond acceptors (Lipinski definition) is 8. The number of nitro benzene ring substituents is 1. The Kier molecular flexibility index (Phi) is 7.04. The first-order valence-corrected chi connectivity index (χ1v) is 9.93. The highest BCUT2D eigenvalue weighted by molar-refractivity contribution is 6.01. The number of carbonyl (C=O) groups is 3. The number of ether oxygens (including phenoxy) is 3. The van der Waals surface area contributed by atoms with Crippen LogP contribution in [0.25, 0.3) is 0 Å². The number of carbonyl (C=O) groups excluding carboxylic acids is 3. The molecule has 2 aromatic rings. The van der Waals surface area contributed by atoms with Crippen molar-refractivity contribution in [2.75, 3.05) is 25.1 Å². The summed E-state index contributed by atoms with van der Waals surface area (Å²) >= 11 is 0. The van der Waals surface area contributed by atoms with Crippen molar-refractivity contribution in [3.8, 4) is 11.5 Å². The molecular weight excluding hydrogens is 420 g/mol. The predicted molar refractivity (Wildman–Crippen MR) is 113 cm³/mol. The van der Waals surface area contributed by atoms with Crippen LogP contribution in [0.15, 0.2) is 36.4 Å². The van der Waals surface area contributed by atoms with E-state index in [0.29, 0.717) is 12.1 Å². The van der Waals surface area contributed by atoms with Crippen LogP contribution in [-0.2, 0) is 9.53 Å². The highest BCUT2D eigenvalue weighted by Gasteiger charge is 2.27. The Balaban J connectivity index is 1.64. The molecule has 0 aromatic heterocycles. The van der Waals surface area contributed by atoms with Crippen molar-refractivity contribution >= 4 is 29.0 Å². The van der Waals surface area contributed by atoms with Gasteiger partial charge in [-0.2, -0.15) is 0 Å². The second kappa shape index (κ2) is 9.90. The fraction of sp³-hybridized carbons (Fsp3) is 0.318. The van der Waals surface area contributed by atoms with Gasteiger partial charge in [-0.1, -0.05) is 13.8 Å². The molecule has 0 spiro atoms. The van der Waals surface area contributed by atoms with Crippen molar-refractivity contribution in [1.29, 1.82) is 0 Å². The first-order valence-electron chi connectivity index (χ1n) is 9.93. The highest BCUT2D eigenvalue weighted by atomic mass is 16.6. The monoisotopic (exact) mass is 442 g/mol. The van der Waals surface area contributed by atoms with Crippen LogP contribution in [0.2, 0.25) is 0 Å². The van der Waals surface area contributed by atoms with Crippen LogP contribution in [0.5, 0.6) is 11.5 Å². The molecule has 32 heavy (non-hydrogen) atoms. The van der Waals surface area contributed by atoms with E-state index in [1.54, 1.807) is 12.1 Å². The van der Waals surface area contributed by atoms with Gasteiger partial charge < -0.3 is 19.5 Å². The number of Topliss-reactive ketones (excluding diaryl/α,β-unsaturated/α-hetero) is 1. The van der Waals surface area contributed by atoms with E-state index in [1.807, 2.05) is 13.8 Å². The summed E-state index contributed by atoms with van der Waals surface area (Å²) in [6.45, 7) is 3.74. The van der Waals surface area contributed by atoms with E-state index in [2.05, 4.69) is 5.32 Å². The fourth-order valence-electron chi connectivity index (χ4n) is 3.01. The third kappa shape index (κ3) is 5.60. The van der Waals surface area contributed by atoms with E-state index in [0.717, 1.165) is 6.07 Å². The van der Waals surface area contributed by atoms with Gasteiger partial charge in [0.05, 0.1) is 11.0 Å². The standard InChI is InChI=1S/C22H22N2O8/c1-13(2)9-21(26)23-15-5-3-14(4-6-15)18(25)12-32-22(27)16-10-19-20(31-8-7-30-19)11-17(16)24(28)29/h3-6,10-11,13H,7-9,12H2,1-2H3,(H,23,26). The number of ketones is 1. The van der Waals surface area contributed by atoms with Gasteiger partial charge in [0.15, 0.2) is 23.9 Å². The third-order valence-corrected chi connectivity index (χ3v) is 4.50. The summed E-state index contributed by atoms with van der Waals surface area (Å²) in [5.74, 6) is -1.09. The molecular formula is C22H22N2O8. The fourth-order valence-corrected chi connectivity index (χ4v) is 3.01. The largest absolute Gasteiger partial charge is 0.486 e. The Morgan fingerprint density at radius 2 is 1.72 bits per heavy atom. The molecule has 1 aliphatic heterocycles. The molecule has 0 radical (unpaired) electrons. The summed E-state index contributed by atoms with van der Waals surface area (Å²) in [5.41, 5.74) is -0.0455. The minimum absolute atomic E-state index is 0.131. The maximum absolute atomic E-state index is 12.4. The van der Waals surface area contributed by atoms with E-state index in [9.17, 15) is 24.5 Å². The number of nitrogens with zero attached hydrogens (tertiary/aromatic N) is 1. The molecule has 10 heteroatoms. The quantitative estimate of drug-likeness (QED) is 0.285. The molecule has 1 aliphatic rings. The van der Waals surface area contributed by atoms with E-state index in [4.69, 9.17) is 14.2 Å². The van der Waals surface area contributed by atoms with E-state index < -0.39 is 29.0 Å². The van der Waals surface area contributed by atoms with Gasteiger partial charge in [-0.25, -0.2) is 4.79 Å². The minimum atomic E-state index is -1.03. The number of rotatable bonds is 8. The smallest absolute Gasteiger partial charge is 0.345 e. The molecule has 1 amide bonds. The molecule has 2 aromatic carbocycles. The second-order valence-electron chi connectivity index (χ2n) is 7.49. The molecule has 0 saturated heterocycles. The van der Waals surface area contributed by atoms with Crippen LogP contribution in [0, 0.1) is 16.0 Å². The lowest BCUT2D eigenvalue weighted by Crippen LogP contribution is -2.18. The molecule has 3 rings (SSSR count). The molecule has 1 heterocycles. The Labute approximate surface area is 183 Å². The summed E-state index contributed by atoms with van der Waals surface area (Å²) in [4.78, 5) is 47.2. The summed E-state index contributed by atoms with van der Waals surface area (Å²) in [6.07, 6.45) is 0.378. The number of benzene rings is 2. The van der Waals surface area contributed by atoms with Crippen LogP contribution in [-0.4, -0.2) is 42.4 Å². The molecule has 0 fully saturated rings. The average Bonchev–Trinajstić information content (AvgIpc) is 2.76. The number of amides is 1. The number of fused-ring (bicyclic) bond motifs is 1. The van der Waals surface area contributed by atoms with Gasteiger partial charge in [0.2, 0.25) is 5.91 Å². The zero-order valence-corrected chi connectivity index (χ0v) is 17.6. The number of nitrogens with one attached hydrogen (secondary N) is 1. The summed E-state index contributed by atoms with van der Waals surface area (Å²) < 4.78 is 15.7. The van der Waals surface area contributed by atoms with Crippen LogP contribution in [0.1, 0.15) is 41.0 Å². The average molecular weight is 442 g/mol. The van der Waals surface area contributed by atoms with Crippen LogP contribution in [0.3, 0.4) is 0 Å². The molecule has 168 valence electrons. The van der Waals surface area contributed by atoms with Crippen molar-refractivity contribution in [2.45, 2.75) is 20.3 Å². The topological polar surface area (TPSA) is 134 Å². The predicted octanol–water partition coefficient (Wildman–Crippen LogP) is 3.39.